The summed E-state index contributed by atoms with van der Waals surface area (Å²) in [4.78, 5) is 24.6. The Balaban J connectivity index is 1.81. The van der Waals surface area contributed by atoms with E-state index < -0.39 is 0 Å². The lowest BCUT2D eigenvalue weighted by molar-refractivity contribution is 0.0950. The van der Waals surface area contributed by atoms with E-state index in [0.717, 1.165) is 5.39 Å². The van der Waals surface area contributed by atoms with Gasteiger partial charge in [0.25, 0.3) is 11.5 Å². The van der Waals surface area contributed by atoms with Crippen LogP contribution < -0.4 is 10.9 Å². The smallest absolute Gasteiger partial charge is 0.274 e. The maximum Gasteiger partial charge on any atom is 0.274 e. The average Bonchev–Trinajstić information content (AvgIpc) is 2.62. The van der Waals surface area contributed by atoms with Gasteiger partial charge in [0, 0.05) is 18.0 Å². The number of benzene rings is 2. The summed E-state index contributed by atoms with van der Waals surface area (Å²) in [6, 6.07) is 14.9. The highest BCUT2D eigenvalue weighted by Crippen LogP contribution is 2.22. The van der Waals surface area contributed by atoms with Gasteiger partial charge in [0.05, 0.1) is 17.6 Å². The number of nitrogens with one attached hydrogen (secondary N) is 1. The molecule has 134 valence electrons. The first kappa shape index (κ1) is 17.9. The third-order valence-corrected chi connectivity index (χ3v) is 4.46. The second kappa shape index (κ2) is 6.75. The molecule has 1 N–H and O–H groups in total. The van der Waals surface area contributed by atoms with Gasteiger partial charge in [-0.25, -0.2) is 4.68 Å². The first-order valence-electron chi connectivity index (χ1n) is 8.61. The average molecular weight is 349 g/mol. The second-order valence-electron chi connectivity index (χ2n) is 7.43. The molecular formula is C21H23N3O2. The van der Waals surface area contributed by atoms with E-state index in [1.807, 2.05) is 42.5 Å². The maximum atomic E-state index is 12.5. The quantitative estimate of drug-likeness (QED) is 0.790. The van der Waals surface area contributed by atoms with E-state index >= 15 is 0 Å². The molecule has 0 radical (unpaired) electrons. The van der Waals surface area contributed by atoms with Gasteiger partial charge in [-0.05, 0) is 29.2 Å². The van der Waals surface area contributed by atoms with Crippen LogP contribution in [0.25, 0.3) is 10.8 Å². The minimum absolute atomic E-state index is 0.0483. The molecule has 1 amide bonds. The standard InChI is InChI=1S/C21H23N3O2/c1-21(2,3)15-11-9-14(10-12-15)19(25)22-13-18-16-7-5-6-8-17(16)20(26)24(4)23-18/h5-12H,13H2,1-4H3,(H,22,25). The van der Waals surface area contributed by atoms with Gasteiger partial charge in [-0.2, -0.15) is 5.10 Å². The normalized spacial score (nSPS) is 11.5. The highest BCUT2D eigenvalue weighted by Gasteiger charge is 2.15. The third-order valence-electron chi connectivity index (χ3n) is 4.46. The predicted octanol–water partition coefficient (Wildman–Crippen LogP) is 3.16. The van der Waals surface area contributed by atoms with Crippen LogP contribution in [0.5, 0.6) is 0 Å². The molecule has 0 atom stereocenters. The van der Waals surface area contributed by atoms with E-state index in [1.54, 1.807) is 13.1 Å². The Kier molecular flexibility index (Phi) is 4.64. The molecule has 3 rings (SSSR count). The van der Waals surface area contributed by atoms with Gasteiger partial charge < -0.3 is 5.32 Å². The van der Waals surface area contributed by atoms with Crippen molar-refractivity contribution in [3.05, 3.63) is 75.7 Å². The fraction of sp³-hybridized carbons (Fsp3) is 0.286. The van der Waals surface area contributed by atoms with Crippen LogP contribution in [0, 0.1) is 0 Å². The zero-order valence-electron chi connectivity index (χ0n) is 15.5. The summed E-state index contributed by atoms with van der Waals surface area (Å²) in [5.74, 6) is -0.162. The minimum atomic E-state index is -0.162. The number of nitrogens with zero attached hydrogens (tertiary/aromatic N) is 2. The zero-order chi connectivity index (χ0) is 18.9. The van der Waals surface area contributed by atoms with Gasteiger partial charge >= 0.3 is 0 Å². The molecule has 0 aliphatic rings. The highest BCUT2D eigenvalue weighted by atomic mass is 16.1. The first-order chi connectivity index (χ1) is 12.3. The molecule has 0 fully saturated rings. The van der Waals surface area contributed by atoms with Gasteiger partial charge in [-0.15, -0.1) is 0 Å². The first-order valence-corrected chi connectivity index (χ1v) is 8.61. The second-order valence-corrected chi connectivity index (χ2v) is 7.43. The van der Waals surface area contributed by atoms with Crippen molar-refractivity contribution in [3.63, 3.8) is 0 Å². The van der Waals surface area contributed by atoms with Crippen molar-refractivity contribution in [1.82, 2.24) is 15.1 Å². The van der Waals surface area contributed by atoms with E-state index in [-0.39, 0.29) is 23.4 Å². The van der Waals surface area contributed by atoms with Crippen LogP contribution in [0.3, 0.4) is 0 Å². The van der Waals surface area contributed by atoms with Crippen LogP contribution in [0.1, 0.15) is 42.4 Å². The van der Waals surface area contributed by atoms with E-state index in [0.29, 0.717) is 16.6 Å². The van der Waals surface area contributed by atoms with Gasteiger partial charge in [0.15, 0.2) is 0 Å². The molecular weight excluding hydrogens is 326 g/mol. The molecule has 0 bridgehead atoms. The summed E-state index contributed by atoms with van der Waals surface area (Å²) >= 11 is 0. The fourth-order valence-electron chi connectivity index (χ4n) is 2.89. The van der Waals surface area contributed by atoms with Crippen molar-refractivity contribution >= 4 is 16.7 Å². The van der Waals surface area contributed by atoms with E-state index in [9.17, 15) is 9.59 Å². The number of aromatic nitrogens is 2. The van der Waals surface area contributed by atoms with Crippen LogP contribution in [0.4, 0.5) is 0 Å². The Morgan fingerprint density at radius 1 is 1.04 bits per heavy atom. The van der Waals surface area contributed by atoms with Crippen molar-refractivity contribution in [2.24, 2.45) is 7.05 Å². The van der Waals surface area contributed by atoms with Crippen molar-refractivity contribution in [2.75, 3.05) is 0 Å². The molecule has 0 spiro atoms. The SMILES string of the molecule is Cn1nc(CNC(=O)c2ccc(C(C)(C)C)cc2)c2ccccc2c1=O. The van der Waals surface area contributed by atoms with Crippen LogP contribution in [0.2, 0.25) is 0 Å². The van der Waals surface area contributed by atoms with Gasteiger partial charge in [0.2, 0.25) is 0 Å². The third kappa shape index (κ3) is 3.52. The molecule has 26 heavy (non-hydrogen) atoms. The molecule has 1 heterocycles. The monoisotopic (exact) mass is 349 g/mol. The molecule has 2 aromatic carbocycles. The number of rotatable bonds is 3. The maximum absolute atomic E-state index is 12.5. The Morgan fingerprint density at radius 3 is 2.27 bits per heavy atom. The molecule has 5 heteroatoms. The predicted molar refractivity (Wildman–Crippen MR) is 103 cm³/mol. The lowest BCUT2D eigenvalue weighted by Crippen LogP contribution is -2.27. The van der Waals surface area contributed by atoms with Crippen molar-refractivity contribution in [3.8, 4) is 0 Å². The molecule has 0 saturated carbocycles. The largest absolute Gasteiger partial charge is 0.346 e. The number of carbonyl (C=O) groups excluding carboxylic acids is 1. The van der Waals surface area contributed by atoms with Gasteiger partial charge in [-0.1, -0.05) is 51.1 Å². The van der Waals surface area contributed by atoms with Crippen molar-refractivity contribution in [1.29, 1.82) is 0 Å². The summed E-state index contributed by atoms with van der Waals surface area (Å²) in [6.45, 7) is 6.67. The Bertz CT molecular complexity index is 1010. The minimum Gasteiger partial charge on any atom is -0.346 e. The summed E-state index contributed by atoms with van der Waals surface area (Å²) in [5, 5.41) is 8.56. The number of carbonyl (C=O) groups is 1. The summed E-state index contributed by atoms with van der Waals surface area (Å²) < 4.78 is 1.31. The van der Waals surface area contributed by atoms with Crippen LogP contribution in [-0.2, 0) is 19.0 Å². The Labute approximate surface area is 152 Å². The zero-order valence-corrected chi connectivity index (χ0v) is 15.5. The highest BCUT2D eigenvalue weighted by molar-refractivity contribution is 5.94. The van der Waals surface area contributed by atoms with E-state index in [4.69, 9.17) is 0 Å². The molecule has 5 nitrogen and oxygen atoms in total. The molecule has 0 aliphatic carbocycles. The summed E-state index contributed by atoms with van der Waals surface area (Å²) in [6.07, 6.45) is 0. The lowest BCUT2D eigenvalue weighted by Gasteiger charge is -2.19. The van der Waals surface area contributed by atoms with Crippen LogP contribution >= 0.6 is 0 Å². The van der Waals surface area contributed by atoms with Crippen LogP contribution in [0.15, 0.2) is 53.3 Å². The van der Waals surface area contributed by atoms with Crippen molar-refractivity contribution < 1.29 is 4.79 Å². The Hall–Kier alpha value is -2.95. The van der Waals surface area contributed by atoms with E-state index in [2.05, 4.69) is 31.2 Å². The summed E-state index contributed by atoms with van der Waals surface area (Å²) in [7, 11) is 1.62. The number of amides is 1. The lowest BCUT2D eigenvalue weighted by atomic mass is 9.87. The molecule has 0 saturated heterocycles. The van der Waals surface area contributed by atoms with Crippen molar-refractivity contribution in [2.45, 2.75) is 32.7 Å². The fourth-order valence-corrected chi connectivity index (χ4v) is 2.89. The molecule has 1 aromatic heterocycles. The van der Waals surface area contributed by atoms with Gasteiger partial charge in [0.1, 0.15) is 0 Å². The van der Waals surface area contributed by atoms with Crippen LogP contribution in [-0.4, -0.2) is 15.7 Å². The number of aryl methyl sites for hydroxylation is 1. The van der Waals surface area contributed by atoms with E-state index in [1.165, 1.54) is 10.2 Å². The Morgan fingerprint density at radius 2 is 1.65 bits per heavy atom. The number of fused-ring (bicyclic) bond motifs is 1. The number of hydrogen-bond acceptors (Lipinski definition) is 3. The molecule has 3 aromatic rings. The molecule has 0 unspecified atom stereocenters. The topological polar surface area (TPSA) is 64.0 Å². The molecule has 0 aliphatic heterocycles. The van der Waals surface area contributed by atoms with Gasteiger partial charge in [-0.3, -0.25) is 9.59 Å². The number of hydrogen-bond donors (Lipinski definition) is 1. The summed E-state index contributed by atoms with van der Waals surface area (Å²) in [5.41, 5.74) is 2.36.